The van der Waals surface area contributed by atoms with Gasteiger partial charge in [0.1, 0.15) is 30.5 Å². The Morgan fingerprint density at radius 3 is 2.56 bits per heavy atom. The zero-order valence-electron chi connectivity index (χ0n) is 23.4. The fourth-order valence-electron chi connectivity index (χ4n) is 4.71. The van der Waals surface area contributed by atoms with Crippen molar-refractivity contribution in [3.05, 3.63) is 40.5 Å². The number of hydrogen-bond acceptors (Lipinski definition) is 11. The molecule has 12 nitrogen and oxygen atoms in total. The van der Waals surface area contributed by atoms with Gasteiger partial charge in [0.05, 0.1) is 42.4 Å². The molecule has 1 aromatic heterocycles. The van der Waals surface area contributed by atoms with Crippen molar-refractivity contribution in [3.63, 3.8) is 0 Å². The average Bonchev–Trinajstić information content (AvgIpc) is 2.98. The van der Waals surface area contributed by atoms with E-state index in [4.69, 9.17) is 18.9 Å². The molecule has 0 saturated carbocycles. The Labute approximate surface area is 248 Å². The summed E-state index contributed by atoms with van der Waals surface area (Å²) in [6.07, 6.45) is 3.58. The highest BCUT2D eigenvalue weighted by Crippen LogP contribution is 2.46. The van der Waals surface area contributed by atoms with Gasteiger partial charge in [-0.3, -0.25) is 4.31 Å². The first-order chi connectivity index (χ1) is 19.7. The van der Waals surface area contributed by atoms with Crippen molar-refractivity contribution < 1.29 is 27.4 Å². The van der Waals surface area contributed by atoms with E-state index < -0.39 is 10.0 Å². The Morgan fingerprint density at radius 1 is 1.10 bits per heavy atom. The lowest BCUT2D eigenvalue weighted by molar-refractivity contribution is 0.122. The van der Waals surface area contributed by atoms with Crippen molar-refractivity contribution >= 4 is 60.5 Å². The highest BCUT2D eigenvalue weighted by atomic mass is 79.9. The van der Waals surface area contributed by atoms with Crippen LogP contribution in [0.15, 0.2) is 34.9 Å². The van der Waals surface area contributed by atoms with Crippen LogP contribution in [0.25, 0.3) is 0 Å². The third-order valence-corrected chi connectivity index (χ3v) is 8.63. The van der Waals surface area contributed by atoms with Crippen LogP contribution < -0.4 is 34.0 Å². The van der Waals surface area contributed by atoms with Gasteiger partial charge in [-0.2, -0.15) is 4.98 Å². The number of morpholine rings is 1. The first kappa shape index (κ1) is 29.0. The van der Waals surface area contributed by atoms with Crippen molar-refractivity contribution in [2.75, 3.05) is 79.8 Å². The van der Waals surface area contributed by atoms with Crippen LogP contribution >= 0.6 is 15.9 Å². The van der Waals surface area contributed by atoms with Gasteiger partial charge >= 0.3 is 0 Å². The molecule has 0 spiro atoms. The lowest BCUT2D eigenvalue weighted by Crippen LogP contribution is -2.36. The highest BCUT2D eigenvalue weighted by Gasteiger charge is 2.27. The molecule has 3 aromatic rings. The molecular weight excluding hydrogens is 616 g/mol. The van der Waals surface area contributed by atoms with Crippen molar-refractivity contribution in [1.82, 2.24) is 9.97 Å². The van der Waals surface area contributed by atoms with E-state index in [1.54, 1.807) is 25.4 Å². The number of methoxy groups -OCH3 is 1. The number of rotatable bonds is 9. The molecule has 2 aromatic carbocycles. The molecule has 1 fully saturated rings. The summed E-state index contributed by atoms with van der Waals surface area (Å²) in [6, 6.07) is 7.56. The first-order valence-electron chi connectivity index (χ1n) is 13.2. The maximum atomic E-state index is 12.5. The zero-order valence-corrected chi connectivity index (χ0v) is 25.8. The minimum absolute atomic E-state index is 0.304. The first-order valence-corrected chi connectivity index (χ1v) is 15.8. The summed E-state index contributed by atoms with van der Waals surface area (Å²) >= 11 is 3.51. The molecule has 41 heavy (non-hydrogen) atoms. The van der Waals surface area contributed by atoms with E-state index in [2.05, 4.69) is 54.4 Å². The predicted molar refractivity (Wildman–Crippen MR) is 162 cm³/mol. The predicted octanol–water partition coefficient (Wildman–Crippen LogP) is 4.30. The van der Waals surface area contributed by atoms with E-state index in [-0.39, 0.29) is 0 Å². The highest BCUT2D eigenvalue weighted by molar-refractivity contribution is 9.10. The van der Waals surface area contributed by atoms with Crippen LogP contribution in [0.4, 0.5) is 34.5 Å². The number of hydrogen-bond donors (Lipinski definition) is 2. The molecular formula is C27H33BrN6O6S. The largest absolute Gasteiger partial charge is 0.494 e. The molecule has 0 atom stereocenters. The van der Waals surface area contributed by atoms with Gasteiger partial charge in [0, 0.05) is 38.1 Å². The Balaban J connectivity index is 1.48. The fraction of sp³-hybridized carbons (Fsp3) is 0.407. The molecule has 2 aliphatic heterocycles. The van der Waals surface area contributed by atoms with Gasteiger partial charge < -0.3 is 34.5 Å². The SMILES string of the molecule is CCc1cc(Nc2ncc(Br)c(Nc3ccc4c(c3N(C)S(C)(=O)=O)OCCO4)n2)c(OC)cc1N1CCOCC1. The molecule has 2 aliphatic rings. The van der Waals surface area contributed by atoms with Crippen molar-refractivity contribution in [2.24, 2.45) is 0 Å². The molecule has 2 N–H and O–H groups in total. The van der Waals surface area contributed by atoms with E-state index in [1.807, 2.05) is 6.07 Å². The molecule has 220 valence electrons. The Morgan fingerprint density at radius 2 is 1.85 bits per heavy atom. The van der Waals surface area contributed by atoms with Crippen LogP contribution in [0.5, 0.6) is 17.2 Å². The van der Waals surface area contributed by atoms with E-state index in [0.717, 1.165) is 47.0 Å². The average molecular weight is 650 g/mol. The third kappa shape index (κ3) is 6.23. The number of nitrogens with one attached hydrogen (secondary N) is 2. The standard InChI is InChI=1S/C27H33BrN6O6S/c1-5-17-14-20(23(37-3)15-21(17)34-8-10-38-11-9-34)31-27-29-16-18(28)26(32-27)30-19-6-7-22-25(40-13-12-39-22)24(19)33(2)41(4,35)36/h6-7,14-16H,5,8-13H2,1-4H3,(H2,29,30,31,32). The summed E-state index contributed by atoms with van der Waals surface area (Å²) in [5, 5.41) is 6.54. The Hall–Kier alpha value is -3.49. The van der Waals surface area contributed by atoms with Crippen LogP contribution in [-0.4, -0.2) is 78.3 Å². The second kappa shape index (κ2) is 12.2. The van der Waals surface area contributed by atoms with Crippen molar-refractivity contribution in [1.29, 1.82) is 0 Å². The number of aromatic nitrogens is 2. The fourth-order valence-corrected chi connectivity index (χ4v) is 5.51. The van der Waals surface area contributed by atoms with Crippen molar-refractivity contribution in [3.8, 4) is 17.2 Å². The molecule has 0 unspecified atom stereocenters. The number of nitrogens with zero attached hydrogens (tertiary/aromatic N) is 4. The third-order valence-electron chi connectivity index (χ3n) is 6.87. The maximum Gasteiger partial charge on any atom is 0.232 e. The summed E-state index contributed by atoms with van der Waals surface area (Å²) in [7, 11) is -0.515. The quantitative estimate of drug-likeness (QED) is 0.345. The number of anilines is 6. The van der Waals surface area contributed by atoms with Gasteiger partial charge in [-0.15, -0.1) is 0 Å². The zero-order chi connectivity index (χ0) is 29.1. The molecule has 0 aliphatic carbocycles. The normalized spacial score (nSPS) is 14.9. The monoisotopic (exact) mass is 648 g/mol. The number of ether oxygens (including phenoxy) is 4. The maximum absolute atomic E-state index is 12.5. The van der Waals surface area contributed by atoms with E-state index >= 15 is 0 Å². The van der Waals surface area contributed by atoms with Gasteiger partial charge in [0.15, 0.2) is 11.5 Å². The van der Waals surface area contributed by atoms with E-state index in [0.29, 0.717) is 71.3 Å². The van der Waals surface area contributed by atoms with Gasteiger partial charge in [-0.1, -0.05) is 6.92 Å². The number of benzene rings is 2. The summed E-state index contributed by atoms with van der Waals surface area (Å²) in [4.78, 5) is 11.4. The Bertz CT molecular complexity index is 1530. The van der Waals surface area contributed by atoms with E-state index in [1.165, 1.54) is 7.05 Å². The van der Waals surface area contributed by atoms with Gasteiger partial charge in [0.25, 0.3) is 0 Å². The van der Waals surface area contributed by atoms with Gasteiger partial charge in [0.2, 0.25) is 16.0 Å². The minimum atomic E-state index is -3.61. The number of aryl methyl sites for hydroxylation is 1. The number of halogens is 1. The van der Waals surface area contributed by atoms with Crippen LogP contribution in [0.3, 0.4) is 0 Å². The number of fused-ring (bicyclic) bond motifs is 1. The molecule has 5 rings (SSSR count). The molecule has 1 saturated heterocycles. The van der Waals surface area contributed by atoms with Gasteiger partial charge in [-0.05, 0) is 46.1 Å². The summed E-state index contributed by atoms with van der Waals surface area (Å²) in [5.74, 6) is 2.21. The lowest BCUT2D eigenvalue weighted by atomic mass is 10.1. The minimum Gasteiger partial charge on any atom is -0.494 e. The van der Waals surface area contributed by atoms with Crippen LogP contribution in [0.1, 0.15) is 12.5 Å². The number of sulfonamides is 1. The summed E-state index contributed by atoms with van der Waals surface area (Å²) in [6.45, 7) is 5.83. The molecule has 0 bridgehead atoms. The summed E-state index contributed by atoms with van der Waals surface area (Å²) in [5.41, 5.74) is 3.80. The van der Waals surface area contributed by atoms with Crippen LogP contribution in [0, 0.1) is 0 Å². The van der Waals surface area contributed by atoms with Crippen molar-refractivity contribution in [2.45, 2.75) is 13.3 Å². The summed E-state index contributed by atoms with van der Waals surface area (Å²) < 4.78 is 49.6. The second-order valence-electron chi connectivity index (χ2n) is 9.49. The molecule has 14 heteroatoms. The smallest absolute Gasteiger partial charge is 0.232 e. The lowest BCUT2D eigenvalue weighted by Gasteiger charge is -2.31. The second-order valence-corrected chi connectivity index (χ2v) is 12.4. The molecule has 0 amide bonds. The van der Waals surface area contributed by atoms with E-state index in [9.17, 15) is 8.42 Å². The van der Waals surface area contributed by atoms with Crippen LogP contribution in [0.2, 0.25) is 0 Å². The Kier molecular flexibility index (Phi) is 8.61. The van der Waals surface area contributed by atoms with Crippen LogP contribution in [-0.2, 0) is 21.2 Å². The molecule has 0 radical (unpaired) electrons. The topological polar surface area (TPSA) is 127 Å². The van der Waals surface area contributed by atoms with Gasteiger partial charge in [-0.25, -0.2) is 13.4 Å². The molecule has 3 heterocycles.